The Bertz CT molecular complexity index is 242. The van der Waals surface area contributed by atoms with E-state index in [1.54, 1.807) is 11.8 Å². The smallest absolute Gasteiger partial charge is 0.298 e. The number of ether oxygens (including phenoxy) is 1. The van der Waals surface area contributed by atoms with Gasteiger partial charge in [0.1, 0.15) is 0 Å². The van der Waals surface area contributed by atoms with Gasteiger partial charge in [0.05, 0.1) is 12.7 Å². The fraction of sp³-hybridized carbons (Fsp3) is 0.667. The van der Waals surface area contributed by atoms with Gasteiger partial charge in [0.15, 0.2) is 0 Å². The van der Waals surface area contributed by atoms with Crippen LogP contribution in [0, 0.1) is 11.8 Å². The van der Waals surface area contributed by atoms with Gasteiger partial charge >= 0.3 is 0 Å². The number of nitrogens with two attached hydrogens (primary N) is 1. The Balaban J connectivity index is 2.49. The molecule has 1 unspecified atom stereocenters. The fourth-order valence-corrected chi connectivity index (χ4v) is 1.23. The van der Waals surface area contributed by atoms with Crippen LogP contribution in [0.5, 0.6) is 0 Å². The molecule has 0 bridgehead atoms. The number of nitrogens with zero attached hydrogens (tertiary/aromatic N) is 1. The number of hydrogen-bond acceptors (Lipinski definition) is 3. The van der Waals surface area contributed by atoms with Crippen LogP contribution >= 0.6 is 0 Å². The van der Waals surface area contributed by atoms with Crippen molar-refractivity contribution in [3.8, 4) is 11.8 Å². The Labute approximate surface area is 78.0 Å². The molecule has 1 atom stereocenters. The predicted octanol–water partition coefficient (Wildman–Crippen LogP) is -0.804. The molecule has 72 valence electrons. The van der Waals surface area contributed by atoms with Gasteiger partial charge in [-0.05, 0) is 12.8 Å². The molecule has 1 rings (SSSR count). The van der Waals surface area contributed by atoms with Crippen LogP contribution in [-0.4, -0.2) is 43.2 Å². The first-order chi connectivity index (χ1) is 6.27. The highest BCUT2D eigenvalue weighted by molar-refractivity contribution is 5.93. The lowest BCUT2D eigenvalue weighted by Gasteiger charge is -2.30. The van der Waals surface area contributed by atoms with E-state index in [1.165, 1.54) is 0 Å². The van der Waals surface area contributed by atoms with E-state index in [1.807, 2.05) is 0 Å². The van der Waals surface area contributed by atoms with E-state index in [4.69, 9.17) is 10.5 Å². The van der Waals surface area contributed by atoms with Crippen LogP contribution in [-0.2, 0) is 9.53 Å². The molecule has 0 spiro atoms. The summed E-state index contributed by atoms with van der Waals surface area (Å²) in [6, 6.07) is 0. The minimum Gasteiger partial charge on any atom is -0.373 e. The van der Waals surface area contributed by atoms with Crippen molar-refractivity contribution in [1.82, 2.24) is 4.90 Å². The van der Waals surface area contributed by atoms with Crippen molar-refractivity contribution in [2.24, 2.45) is 5.73 Å². The maximum absolute atomic E-state index is 11.3. The predicted molar refractivity (Wildman–Crippen MR) is 48.8 cm³/mol. The van der Waals surface area contributed by atoms with E-state index >= 15 is 0 Å². The number of rotatable bonds is 1. The van der Waals surface area contributed by atoms with Crippen LogP contribution in [0.4, 0.5) is 0 Å². The van der Waals surface area contributed by atoms with E-state index in [0.717, 1.165) is 0 Å². The van der Waals surface area contributed by atoms with Gasteiger partial charge in [-0.3, -0.25) is 4.79 Å². The highest BCUT2D eigenvalue weighted by Gasteiger charge is 2.21. The molecule has 4 nitrogen and oxygen atoms in total. The van der Waals surface area contributed by atoms with Crippen molar-refractivity contribution in [1.29, 1.82) is 0 Å². The third-order valence-corrected chi connectivity index (χ3v) is 1.92. The molecule has 1 aliphatic heterocycles. The average Bonchev–Trinajstić information content (AvgIpc) is 2.18. The molecule has 4 heteroatoms. The van der Waals surface area contributed by atoms with Crippen molar-refractivity contribution >= 4 is 5.91 Å². The standard InChI is InChI=1S/C9H14N2O2/c1-2-3-9(12)11-4-5-13-8(6-10)7-11/h8H,4-7,10H2,1H3. The number of morpholine rings is 1. The first kappa shape index (κ1) is 10.0. The van der Waals surface area contributed by atoms with Gasteiger partial charge in [-0.2, -0.15) is 0 Å². The number of amides is 1. The maximum atomic E-state index is 11.3. The van der Waals surface area contributed by atoms with Crippen molar-refractivity contribution in [2.75, 3.05) is 26.2 Å². The average molecular weight is 182 g/mol. The van der Waals surface area contributed by atoms with Crippen molar-refractivity contribution in [2.45, 2.75) is 13.0 Å². The molecule has 1 amide bonds. The lowest BCUT2D eigenvalue weighted by molar-refractivity contribution is -0.132. The summed E-state index contributed by atoms with van der Waals surface area (Å²) in [6.07, 6.45) is -0.0312. The zero-order chi connectivity index (χ0) is 9.68. The first-order valence-corrected chi connectivity index (χ1v) is 4.31. The SMILES string of the molecule is CC#CC(=O)N1CCOC(CN)C1. The minimum absolute atomic E-state index is 0.0312. The summed E-state index contributed by atoms with van der Waals surface area (Å²) in [6.45, 7) is 3.83. The lowest BCUT2D eigenvalue weighted by atomic mass is 10.2. The second-order valence-corrected chi connectivity index (χ2v) is 2.85. The number of carbonyl (C=O) groups is 1. The van der Waals surface area contributed by atoms with Gasteiger partial charge in [-0.1, -0.05) is 5.92 Å². The van der Waals surface area contributed by atoms with Gasteiger partial charge in [0.25, 0.3) is 5.91 Å². The highest BCUT2D eigenvalue weighted by Crippen LogP contribution is 2.03. The number of hydrogen-bond donors (Lipinski definition) is 1. The first-order valence-electron chi connectivity index (χ1n) is 4.31. The molecule has 1 fully saturated rings. The zero-order valence-electron chi connectivity index (χ0n) is 7.75. The van der Waals surface area contributed by atoms with Crippen LogP contribution in [0.15, 0.2) is 0 Å². The molecule has 0 saturated carbocycles. The summed E-state index contributed by atoms with van der Waals surface area (Å²) in [5.41, 5.74) is 5.44. The third-order valence-electron chi connectivity index (χ3n) is 1.92. The quantitative estimate of drug-likeness (QED) is 0.540. The number of carbonyl (C=O) groups excluding carboxylic acids is 1. The van der Waals surface area contributed by atoms with Crippen molar-refractivity contribution in [3.05, 3.63) is 0 Å². The Morgan fingerprint density at radius 2 is 2.54 bits per heavy atom. The normalized spacial score (nSPS) is 22.0. The topological polar surface area (TPSA) is 55.6 Å². The summed E-state index contributed by atoms with van der Waals surface area (Å²) in [5.74, 6) is 4.95. The molecule has 0 aromatic heterocycles. The Morgan fingerprint density at radius 3 is 3.15 bits per heavy atom. The maximum Gasteiger partial charge on any atom is 0.298 e. The molecule has 2 N–H and O–H groups in total. The summed E-state index contributed by atoms with van der Waals surface area (Å²) in [5, 5.41) is 0. The van der Waals surface area contributed by atoms with Crippen LogP contribution < -0.4 is 5.73 Å². The van der Waals surface area contributed by atoms with E-state index < -0.39 is 0 Å². The molecule has 0 aliphatic carbocycles. The van der Waals surface area contributed by atoms with E-state index in [9.17, 15) is 4.79 Å². The van der Waals surface area contributed by atoms with Crippen molar-refractivity contribution in [3.63, 3.8) is 0 Å². The fourth-order valence-electron chi connectivity index (χ4n) is 1.23. The lowest BCUT2D eigenvalue weighted by Crippen LogP contribution is -2.47. The Hall–Kier alpha value is -1.05. The molecule has 0 aromatic rings. The summed E-state index contributed by atoms with van der Waals surface area (Å²) in [7, 11) is 0. The largest absolute Gasteiger partial charge is 0.373 e. The van der Waals surface area contributed by atoms with Crippen LogP contribution in [0.3, 0.4) is 0 Å². The van der Waals surface area contributed by atoms with Gasteiger partial charge in [-0.15, -0.1) is 0 Å². The van der Waals surface area contributed by atoms with Crippen molar-refractivity contribution < 1.29 is 9.53 Å². The summed E-state index contributed by atoms with van der Waals surface area (Å²) in [4.78, 5) is 13.0. The van der Waals surface area contributed by atoms with Gasteiger partial charge in [-0.25, -0.2) is 0 Å². The van der Waals surface area contributed by atoms with Crippen LogP contribution in [0.2, 0.25) is 0 Å². The van der Waals surface area contributed by atoms with Crippen LogP contribution in [0.25, 0.3) is 0 Å². The monoisotopic (exact) mass is 182 g/mol. The molecule has 1 heterocycles. The Kier molecular flexibility index (Phi) is 3.74. The molecule has 13 heavy (non-hydrogen) atoms. The van der Waals surface area contributed by atoms with Gasteiger partial charge in [0.2, 0.25) is 0 Å². The second-order valence-electron chi connectivity index (χ2n) is 2.85. The van der Waals surface area contributed by atoms with Crippen LogP contribution in [0.1, 0.15) is 6.92 Å². The molecular weight excluding hydrogens is 168 g/mol. The second kappa shape index (κ2) is 4.85. The molecular formula is C9H14N2O2. The molecule has 0 aromatic carbocycles. The summed E-state index contributed by atoms with van der Waals surface area (Å²) >= 11 is 0. The molecule has 0 radical (unpaired) electrons. The van der Waals surface area contributed by atoms with E-state index in [-0.39, 0.29) is 12.0 Å². The summed E-state index contributed by atoms with van der Waals surface area (Å²) < 4.78 is 5.32. The third kappa shape index (κ3) is 2.72. The van der Waals surface area contributed by atoms with Gasteiger partial charge < -0.3 is 15.4 Å². The highest BCUT2D eigenvalue weighted by atomic mass is 16.5. The van der Waals surface area contributed by atoms with E-state index in [2.05, 4.69) is 11.8 Å². The molecule has 1 aliphatic rings. The Morgan fingerprint density at radius 1 is 1.77 bits per heavy atom. The zero-order valence-corrected chi connectivity index (χ0v) is 7.75. The van der Waals surface area contributed by atoms with E-state index in [0.29, 0.717) is 26.2 Å². The molecule has 1 saturated heterocycles. The van der Waals surface area contributed by atoms with Gasteiger partial charge in [0, 0.05) is 19.6 Å². The minimum atomic E-state index is -0.135.